The quantitative estimate of drug-likeness (QED) is 0.318. The fraction of sp³-hybridized carbons (Fsp3) is 0.259. The van der Waals surface area contributed by atoms with Gasteiger partial charge in [0.1, 0.15) is 21.4 Å². The van der Waals surface area contributed by atoms with Crippen LogP contribution in [-0.4, -0.2) is 34.2 Å². The molecule has 202 valence electrons. The minimum absolute atomic E-state index is 0.116. The summed E-state index contributed by atoms with van der Waals surface area (Å²) in [6, 6.07) is 5.26. The van der Waals surface area contributed by atoms with Crippen LogP contribution in [0.15, 0.2) is 46.3 Å². The normalized spacial score (nSPS) is 16.9. The molecule has 0 aliphatic heterocycles. The molecule has 5 rings (SSSR count). The lowest BCUT2D eigenvalue weighted by molar-refractivity contribution is 0.569. The van der Waals surface area contributed by atoms with Crippen LogP contribution in [0.5, 0.6) is 0 Å². The lowest BCUT2D eigenvalue weighted by atomic mass is 10.1. The zero-order valence-corrected chi connectivity index (χ0v) is 22.8. The smallest absolute Gasteiger partial charge is 0.274 e. The van der Waals surface area contributed by atoms with Gasteiger partial charge in [0.25, 0.3) is 5.56 Å². The first-order valence-corrected chi connectivity index (χ1v) is 14.1. The number of aromatic nitrogens is 4. The van der Waals surface area contributed by atoms with Crippen LogP contribution < -0.4 is 5.56 Å². The molecule has 7 nitrogen and oxygen atoms in total. The summed E-state index contributed by atoms with van der Waals surface area (Å²) in [7, 11) is -3.93. The number of benzene rings is 1. The molecule has 12 heteroatoms. The summed E-state index contributed by atoms with van der Waals surface area (Å²) < 4.78 is 69.8. The van der Waals surface area contributed by atoms with Crippen LogP contribution >= 0.6 is 11.6 Å². The third kappa shape index (κ3) is 4.63. The zero-order chi connectivity index (χ0) is 28.4. The highest BCUT2D eigenvalue weighted by atomic mass is 35.5. The molecule has 0 radical (unpaired) electrons. The molecule has 0 amide bonds. The first kappa shape index (κ1) is 27.0. The molecule has 4 aromatic rings. The van der Waals surface area contributed by atoms with E-state index in [-0.39, 0.29) is 39.4 Å². The summed E-state index contributed by atoms with van der Waals surface area (Å²) in [6.07, 6.45) is 3.84. The maximum absolute atomic E-state index is 16.0. The highest BCUT2D eigenvalue weighted by molar-refractivity contribution is 7.90. The van der Waals surface area contributed by atoms with Crippen molar-refractivity contribution in [3.8, 4) is 16.9 Å². The second-order valence-electron chi connectivity index (χ2n) is 9.65. The third-order valence-electron chi connectivity index (χ3n) is 6.84. The van der Waals surface area contributed by atoms with Crippen molar-refractivity contribution in [2.45, 2.75) is 43.9 Å². The van der Waals surface area contributed by atoms with Gasteiger partial charge in [-0.1, -0.05) is 17.7 Å². The van der Waals surface area contributed by atoms with Crippen molar-refractivity contribution in [1.29, 1.82) is 0 Å². The Bertz CT molecular complexity index is 1840. The van der Waals surface area contributed by atoms with Gasteiger partial charge in [-0.15, -0.1) is 0 Å². The summed E-state index contributed by atoms with van der Waals surface area (Å²) in [5.41, 5.74) is -0.249. The van der Waals surface area contributed by atoms with Crippen LogP contribution in [0.3, 0.4) is 0 Å². The maximum atomic E-state index is 16.0. The van der Waals surface area contributed by atoms with E-state index in [1.807, 2.05) is 0 Å². The Balaban J connectivity index is 1.61. The molecule has 3 aromatic heterocycles. The van der Waals surface area contributed by atoms with Crippen LogP contribution in [0.1, 0.15) is 46.6 Å². The first-order valence-electron chi connectivity index (χ1n) is 11.9. The standard InChI is InChI=1S/C27H22ClF3N4O3S/c1-12-10-32-24(15-6-5-7-20(22(15)30)39(4,37)38)23(31)25(12)35-13(2)8-17(21(28)27(35)36)16-9-18(16)26-33-11-19(29)14(3)34-26/h5-8,10-11,16,18H,9H2,1-4H3/t16-,18?/m0/s1. The molecule has 1 aliphatic carbocycles. The number of rotatable bonds is 5. The Kier molecular flexibility index (Phi) is 6.62. The van der Waals surface area contributed by atoms with Gasteiger partial charge < -0.3 is 0 Å². The zero-order valence-electron chi connectivity index (χ0n) is 21.3. The Morgan fingerprint density at radius 3 is 2.41 bits per heavy atom. The van der Waals surface area contributed by atoms with Crippen molar-refractivity contribution in [2.24, 2.45) is 0 Å². The van der Waals surface area contributed by atoms with Gasteiger partial charge >= 0.3 is 0 Å². The third-order valence-corrected chi connectivity index (χ3v) is 8.33. The molecule has 39 heavy (non-hydrogen) atoms. The predicted molar refractivity (Wildman–Crippen MR) is 140 cm³/mol. The topological polar surface area (TPSA) is 94.8 Å². The van der Waals surface area contributed by atoms with E-state index in [0.717, 1.165) is 23.1 Å². The average molecular weight is 575 g/mol. The number of halogens is 4. The summed E-state index contributed by atoms with van der Waals surface area (Å²) in [5.74, 6) is -2.52. The fourth-order valence-electron chi connectivity index (χ4n) is 4.76. The molecular formula is C27H22ClF3N4O3S. The van der Waals surface area contributed by atoms with Crippen LogP contribution in [0.25, 0.3) is 16.9 Å². The van der Waals surface area contributed by atoms with Crippen LogP contribution in [0, 0.1) is 38.2 Å². The van der Waals surface area contributed by atoms with E-state index in [9.17, 15) is 17.6 Å². The summed E-state index contributed by atoms with van der Waals surface area (Å²) in [5, 5.41) is -0.116. The summed E-state index contributed by atoms with van der Waals surface area (Å²) in [4.78, 5) is 25.2. The monoisotopic (exact) mass is 574 g/mol. The molecule has 2 atom stereocenters. The van der Waals surface area contributed by atoms with Crippen molar-refractivity contribution in [3.63, 3.8) is 0 Å². The fourth-order valence-corrected chi connectivity index (χ4v) is 5.80. The number of nitrogens with zero attached hydrogens (tertiary/aromatic N) is 4. The minimum Gasteiger partial charge on any atom is -0.277 e. The maximum Gasteiger partial charge on any atom is 0.274 e. The highest BCUT2D eigenvalue weighted by Gasteiger charge is 2.44. The minimum atomic E-state index is -3.93. The van der Waals surface area contributed by atoms with E-state index in [0.29, 0.717) is 23.5 Å². The Labute approximate surface area is 227 Å². The molecule has 0 N–H and O–H groups in total. The molecule has 1 aromatic carbocycles. The summed E-state index contributed by atoms with van der Waals surface area (Å²) >= 11 is 6.52. The van der Waals surface area contributed by atoms with Crippen LogP contribution in [0.4, 0.5) is 13.2 Å². The van der Waals surface area contributed by atoms with Crippen molar-refractivity contribution >= 4 is 21.4 Å². The van der Waals surface area contributed by atoms with Crippen LogP contribution in [-0.2, 0) is 9.84 Å². The lowest BCUT2D eigenvalue weighted by Gasteiger charge is -2.18. The molecule has 1 saturated carbocycles. The molecule has 0 bridgehead atoms. The van der Waals surface area contributed by atoms with Gasteiger partial charge in [-0.25, -0.2) is 31.6 Å². The Hall–Kier alpha value is -3.57. The van der Waals surface area contributed by atoms with E-state index in [4.69, 9.17) is 11.6 Å². The second-order valence-corrected chi connectivity index (χ2v) is 12.0. The van der Waals surface area contributed by atoms with Gasteiger partial charge in [0.2, 0.25) is 0 Å². The molecule has 3 heterocycles. The molecule has 0 saturated heterocycles. The Morgan fingerprint density at radius 1 is 1.03 bits per heavy atom. The van der Waals surface area contributed by atoms with E-state index in [1.54, 1.807) is 19.9 Å². The van der Waals surface area contributed by atoms with Crippen LogP contribution in [0.2, 0.25) is 5.02 Å². The first-order chi connectivity index (χ1) is 18.3. The van der Waals surface area contributed by atoms with Gasteiger partial charge in [-0.3, -0.25) is 14.3 Å². The number of aryl methyl sites for hydroxylation is 3. The highest BCUT2D eigenvalue weighted by Crippen LogP contribution is 2.55. The van der Waals surface area contributed by atoms with Gasteiger partial charge in [-0.2, -0.15) is 0 Å². The number of pyridine rings is 2. The SMILES string of the molecule is Cc1cnc(-c2cccc(S(C)(=O)=O)c2F)c(F)c1-n1c(C)cc([C@@H]2CC2c2ncc(F)c(C)n2)c(Cl)c1=O. The number of sulfone groups is 1. The van der Waals surface area contributed by atoms with E-state index < -0.39 is 43.4 Å². The number of hydrogen-bond acceptors (Lipinski definition) is 6. The van der Waals surface area contributed by atoms with Gasteiger partial charge in [0.15, 0.2) is 27.3 Å². The Morgan fingerprint density at radius 2 is 1.74 bits per heavy atom. The van der Waals surface area contributed by atoms with E-state index >= 15 is 8.78 Å². The van der Waals surface area contributed by atoms with E-state index in [2.05, 4.69) is 15.0 Å². The average Bonchev–Trinajstić information content (AvgIpc) is 3.66. The lowest BCUT2D eigenvalue weighted by Crippen LogP contribution is -2.24. The van der Waals surface area contributed by atoms with Crippen molar-refractivity contribution in [2.75, 3.05) is 6.26 Å². The summed E-state index contributed by atoms with van der Waals surface area (Å²) in [6.45, 7) is 4.69. The van der Waals surface area contributed by atoms with Gasteiger partial charge in [-0.05, 0) is 62.4 Å². The van der Waals surface area contributed by atoms with Gasteiger partial charge in [0.05, 0.1) is 17.6 Å². The molecule has 1 unspecified atom stereocenters. The molecule has 1 fully saturated rings. The van der Waals surface area contributed by atoms with Crippen molar-refractivity contribution in [1.82, 2.24) is 19.5 Å². The molecule has 1 aliphatic rings. The van der Waals surface area contributed by atoms with Gasteiger partial charge in [0, 0.05) is 29.6 Å². The largest absolute Gasteiger partial charge is 0.277 e. The van der Waals surface area contributed by atoms with E-state index in [1.165, 1.54) is 25.3 Å². The predicted octanol–water partition coefficient (Wildman–Crippen LogP) is 5.36. The second kappa shape index (κ2) is 9.56. The van der Waals surface area contributed by atoms with Crippen molar-refractivity contribution < 1.29 is 21.6 Å². The van der Waals surface area contributed by atoms with Crippen molar-refractivity contribution in [3.05, 3.63) is 97.8 Å². The molecular weight excluding hydrogens is 553 g/mol. The molecule has 0 spiro atoms. The number of hydrogen-bond donors (Lipinski definition) is 0.